The highest BCUT2D eigenvalue weighted by atomic mass is 32.1. The summed E-state index contributed by atoms with van der Waals surface area (Å²) in [5.74, 6) is 1.60. The normalized spacial score (nSPS) is 35.4. The molecule has 1 aromatic heterocycles. The van der Waals surface area contributed by atoms with Crippen LogP contribution in [0.3, 0.4) is 0 Å². The first-order valence-electron chi connectivity index (χ1n) is 15.9. The summed E-state index contributed by atoms with van der Waals surface area (Å²) in [4.78, 5) is 6.13. The molecule has 5 rings (SSSR count). The lowest BCUT2D eigenvalue weighted by Gasteiger charge is -2.44. The average Bonchev–Trinajstić information content (AvgIpc) is 3.46. The Labute approximate surface area is 246 Å². The molecule has 0 amide bonds. The van der Waals surface area contributed by atoms with Crippen LogP contribution in [0.2, 0.25) is 0 Å². The van der Waals surface area contributed by atoms with Gasteiger partial charge in [0.25, 0.3) is 0 Å². The highest BCUT2D eigenvalue weighted by Gasteiger charge is 2.53. The van der Waals surface area contributed by atoms with Crippen molar-refractivity contribution in [2.45, 2.75) is 128 Å². The van der Waals surface area contributed by atoms with Gasteiger partial charge in [-0.15, -0.1) is 11.3 Å². The summed E-state index contributed by atoms with van der Waals surface area (Å²) in [5.41, 5.74) is 3.39. The van der Waals surface area contributed by atoms with E-state index >= 15 is 0 Å². The monoisotopic (exact) mass is 565 g/mol. The Kier molecular flexibility index (Phi) is 9.26. The molecular formula is C35H51NO3S. The van der Waals surface area contributed by atoms with E-state index in [9.17, 15) is 15.3 Å². The molecule has 40 heavy (non-hydrogen) atoms. The molecule has 0 aromatic carbocycles. The molecule has 0 saturated heterocycles. The number of aliphatic hydroxyl groups excluding tert-OH is 3. The molecule has 4 aliphatic rings. The van der Waals surface area contributed by atoms with Crippen LogP contribution in [0.1, 0.15) is 108 Å². The third-order valence-corrected chi connectivity index (χ3v) is 12.2. The van der Waals surface area contributed by atoms with Crippen LogP contribution in [0, 0.1) is 23.2 Å². The molecule has 4 saturated carbocycles. The number of thiazole rings is 1. The number of nitrogens with zero attached hydrogens (tertiary/aromatic N) is 1. The SMILES string of the molecule is C=C1C(=CC=C2CCC[C@]3(C)[C@@H]([C@@H](C)C=C[C@@H](O)C4(c5ncc(CCCCC)s5)CC4)CC[C@@H]23)C[C@@H](O)C[C@@H]1O. The lowest BCUT2D eigenvalue weighted by Crippen LogP contribution is -2.35. The molecule has 3 N–H and O–H groups in total. The third-order valence-electron chi connectivity index (χ3n) is 10.9. The first-order valence-corrected chi connectivity index (χ1v) is 16.8. The van der Waals surface area contributed by atoms with Crippen LogP contribution in [-0.4, -0.2) is 38.6 Å². The Morgan fingerprint density at radius 3 is 2.70 bits per heavy atom. The zero-order valence-electron chi connectivity index (χ0n) is 24.9. The van der Waals surface area contributed by atoms with Gasteiger partial charge >= 0.3 is 0 Å². The van der Waals surface area contributed by atoms with Crippen LogP contribution in [0.25, 0.3) is 0 Å². The molecule has 1 aromatic rings. The minimum atomic E-state index is -0.637. The van der Waals surface area contributed by atoms with Crippen LogP contribution in [0.4, 0.5) is 0 Å². The fourth-order valence-electron chi connectivity index (χ4n) is 8.18. The van der Waals surface area contributed by atoms with Crippen LogP contribution in [0.15, 0.2) is 53.8 Å². The number of fused-ring (bicyclic) bond motifs is 1. The van der Waals surface area contributed by atoms with Crippen LogP contribution in [0.5, 0.6) is 0 Å². The van der Waals surface area contributed by atoms with E-state index in [1.807, 2.05) is 17.5 Å². The predicted molar refractivity (Wildman–Crippen MR) is 165 cm³/mol. The smallest absolute Gasteiger partial charge is 0.102 e. The van der Waals surface area contributed by atoms with E-state index in [1.165, 1.54) is 55.4 Å². The van der Waals surface area contributed by atoms with Crippen molar-refractivity contribution in [3.63, 3.8) is 0 Å². The topological polar surface area (TPSA) is 73.6 Å². The van der Waals surface area contributed by atoms with Crippen molar-refractivity contribution in [1.82, 2.24) is 4.98 Å². The third kappa shape index (κ3) is 6.00. The number of rotatable bonds is 10. The molecule has 5 heteroatoms. The Hall–Kier alpha value is -1.53. The summed E-state index contributed by atoms with van der Waals surface area (Å²) >= 11 is 1.82. The molecule has 7 atom stereocenters. The van der Waals surface area contributed by atoms with Crippen molar-refractivity contribution in [2.24, 2.45) is 23.2 Å². The van der Waals surface area contributed by atoms with Gasteiger partial charge in [-0.05, 0) is 98.5 Å². The van der Waals surface area contributed by atoms with Crippen molar-refractivity contribution in [3.8, 4) is 0 Å². The van der Waals surface area contributed by atoms with E-state index in [4.69, 9.17) is 4.98 Å². The maximum absolute atomic E-state index is 11.3. The van der Waals surface area contributed by atoms with E-state index < -0.39 is 18.3 Å². The summed E-state index contributed by atoms with van der Waals surface area (Å²) in [6.07, 6.45) is 23.2. The van der Waals surface area contributed by atoms with Crippen LogP contribution >= 0.6 is 11.3 Å². The molecule has 220 valence electrons. The lowest BCUT2D eigenvalue weighted by atomic mass is 9.61. The maximum atomic E-state index is 11.3. The van der Waals surface area contributed by atoms with E-state index in [2.05, 4.69) is 51.7 Å². The molecule has 4 nitrogen and oxygen atoms in total. The number of hydrogen-bond donors (Lipinski definition) is 3. The average molecular weight is 566 g/mol. The molecule has 0 bridgehead atoms. The van der Waals surface area contributed by atoms with E-state index in [0.717, 1.165) is 41.8 Å². The highest BCUT2D eigenvalue weighted by molar-refractivity contribution is 7.11. The van der Waals surface area contributed by atoms with Gasteiger partial charge in [0, 0.05) is 17.5 Å². The minimum Gasteiger partial charge on any atom is -0.393 e. The summed E-state index contributed by atoms with van der Waals surface area (Å²) in [6, 6.07) is 0. The van der Waals surface area contributed by atoms with Gasteiger partial charge in [-0.3, -0.25) is 0 Å². The summed E-state index contributed by atoms with van der Waals surface area (Å²) in [5, 5.41) is 32.8. The van der Waals surface area contributed by atoms with Crippen molar-refractivity contribution in [1.29, 1.82) is 0 Å². The highest BCUT2D eigenvalue weighted by Crippen LogP contribution is 2.60. The zero-order valence-corrected chi connectivity index (χ0v) is 25.8. The van der Waals surface area contributed by atoms with Crippen molar-refractivity contribution >= 4 is 11.3 Å². The van der Waals surface area contributed by atoms with Gasteiger partial charge in [-0.1, -0.05) is 70.1 Å². The predicted octanol–water partition coefficient (Wildman–Crippen LogP) is 7.60. The second-order valence-corrected chi connectivity index (χ2v) is 14.7. The maximum Gasteiger partial charge on any atom is 0.102 e. The first kappa shape index (κ1) is 29.9. The largest absolute Gasteiger partial charge is 0.393 e. The van der Waals surface area contributed by atoms with Crippen molar-refractivity contribution < 1.29 is 15.3 Å². The fourth-order valence-corrected chi connectivity index (χ4v) is 9.41. The number of aliphatic hydroxyl groups is 3. The van der Waals surface area contributed by atoms with Gasteiger partial charge in [-0.25, -0.2) is 4.98 Å². The number of aromatic nitrogens is 1. The number of allylic oxidation sites excluding steroid dienone is 4. The standard InChI is InChI=1S/C35H51NO3S/c1-5-6-7-10-28-22-36-33(40-28)35(18-19-35)32(39)16-11-23(2)29-14-15-30-25(9-8-17-34(29,30)4)12-13-26-20-27(37)21-31(38)24(26)3/h11-13,16,22-23,27,29-32,37-39H,3,5-10,14-15,17-21H2,1-2,4H3/t23-,27+,29+,30-,31-,32+,34+/m0/s1. The molecule has 0 aliphatic heterocycles. The fraction of sp³-hybridized carbons (Fsp3) is 0.686. The summed E-state index contributed by atoms with van der Waals surface area (Å²) < 4.78 is 0. The number of unbranched alkanes of at least 4 members (excludes halogenated alkanes) is 2. The molecular weight excluding hydrogens is 514 g/mol. The Morgan fingerprint density at radius 2 is 1.95 bits per heavy atom. The van der Waals surface area contributed by atoms with Gasteiger partial charge in [-0.2, -0.15) is 0 Å². The Bertz CT molecular complexity index is 1140. The quantitative estimate of drug-likeness (QED) is 0.202. The van der Waals surface area contributed by atoms with E-state index in [1.54, 1.807) is 0 Å². The lowest BCUT2D eigenvalue weighted by molar-refractivity contribution is 0.0862. The van der Waals surface area contributed by atoms with Gasteiger partial charge in [0.2, 0.25) is 0 Å². The van der Waals surface area contributed by atoms with Gasteiger partial charge in [0.05, 0.1) is 23.7 Å². The number of hydrogen-bond acceptors (Lipinski definition) is 5. The van der Waals surface area contributed by atoms with Gasteiger partial charge in [0.15, 0.2) is 0 Å². The van der Waals surface area contributed by atoms with Gasteiger partial charge in [0.1, 0.15) is 5.01 Å². The Balaban J connectivity index is 1.24. The summed E-state index contributed by atoms with van der Waals surface area (Å²) in [7, 11) is 0. The van der Waals surface area contributed by atoms with Crippen LogP contribution in [-0.2, 0) is 11.8 Å². The summed E-state index contributed by atoms with van der Waals surface area (Å²) in [6.45, 7) is 11.2. The second-order valence-electron chi connectivity index (χ2n) is 13.6. The minimum absolute atomic E-state index is 0.162. The zero-order chi connectivity index (χ0) is 28.5. The molecule has 0 unspecified atom stereocenters. The number of aryl methyl sites for hydroxylation is 1. The second kappa shape index (κ2) is 12.4. The molecule has 4 fully saturated rings. The molecule has 0 radical (unpaired) electrons. The molecule has 4 aliphatic carbocycles. The Morgan fingerprint density at radius 1 is 1.15 bits per heavy atom. The van der Waals surface area contributed by atoms with Crippen LogP contribution < -0.4 is 0 Å². The van der Waals surface area contributed by atoms with Crippen molar-refractivity contribution in [2.75, 3.05) is 0 Å². The van der Waals surface area contributed by atoms with E-state index in [0.29, 0.717) is 30.6 Å². The molecule has 0 spiro atoms. The van der Waals surface area contributed by atoms with Crippen molar-refractivity contribution in [3.05, 3.63) is 63.7 Å². The first-order chi connectivity index (χ1) is 19.2. The van der Waals surface area contributed by atoms with E-state index in [-0.39, 0.29) is 10.8 Å². The van der Waals surface area contributed by atoms with Gasteiger partial charge < -0.3 is 15.3 Å². The molecule has 1 heterocycles.